The zero-order valence-corrected chi connectivity index (χ0v) is 6.29. The van der Waals surface area contributed by atoms with Gasteiger partial charge in [0.05, 0.1) is 6.20 Å². The van der Waals surface area contributed by atoms with E-state index in [0.29, 0.717) is 0 Å². The lowest BCUT2D eigenvalue weighted by atomic mass is 11.0. The maximum Gasteiger partial charge on any atom is 0.186 e. The Morgan fingerprint density at radius 1 is 1.78 bits per heavy atom. The van der Waals surface area contributed by atoms with Gasteiger partial charge in [0.1, 0.15) is 4.21 Å². The molecule has 0 amide bonds. The van der Waals surface area contributed by atoms with Crippen LogP contribution in [0.2, 0.25) is 0 Å². The van der Waals surface area contributed by atoms with Crippen LogP contribution in [-0.4, -0.2) is 19.7 Å². The topological polar surface area (TPSA) is 47.0 Å². The van der Waals surface area contributed by atoms with Crippen molar-refractivity contribution in [2.45, 2.75) is 4.21 Å². The highest BCUT2D eigenvalue weighted by Gasteiger charge is 2.06. The molecule has 0 atom stereocenters. The number of sulfone groups is 1. The third-order valence-electron chi connectivity index (χ3n) is 0.734. The van der Waals surface area contributed by atoms with Crippen molar-refractivity contribution in [1.29, 1.82) is 0 Å². The molecule has 0 saturated heterocycles. The summed E-state index contributed by atoms with van der Waals surface area (Å²) < 4.78 is 21.6. The van der Waals surface area contributed by atoms with Gasteiger partial charge in [0.2, 0.25) is 0 Å². The SMILES string of the molecule is CS(=O)(=O)c1cn[c]s1. The second kappa shape index (κ2) is 2.07. The molecule has 0 unspecified atom stereocenters. The van der Waals surface area contributed by atoms with Crippen molar-refractivity contribution in [1.82, 2.24) is 4.98 Å². The maximum absolute atomic E-state index is 10.6. The molecule has 1 radical (unpaired) electrons. The molecule has 1 aromatic heterocycles. The fourth-order valence-corrected chi connectivity index (χ4v) is 1.61. The summed E-state index contributed by atoms with van der Waals surface area (Å²) in [5, 5.41) is 0. The summed E-state index contributed by atoms with van der Waals surface area (Å²) in [5.41, 5.74) is 2.45. The van der Waals surface area contributed by atoms with Crippen LogP contribution >= 0.6 is 11.3 Å². The van der Waals surface area contributed by atoms with E-state index in [1.165, 1.54) is 6.20 Å². The van der Waals surface area contributed by atoms with Crippen LogP contribution in [0.5, 0.6) is 0 Å². The first-order valence-electron chi connectivity index (χ1n) is 2.12. The standard InChI is InChI=1S/C4H4NO2S2/c1-9(6,7)4-2-5-3-8-4/h2H,1H3. The van der Waals surface area contributed by atoms with Crippen molar-refractivity contribution in [3.05, 3.63) is 11.7 Å². The molecule has 0 aliphatic rings. The molecule has 0 N–H and O–H groups in total. The Hall–Kier alpha value is -0.420. The predicted molar refractivity (Wildman–Crippen MR) is 34.1 cm³/mol. The van der Waals surface area contributed by atoms with Gasteiger partial charge in [-0.25, -0.2) is 13.4 Å². The number of thiazole rings is 1. The van der Waals surface area contributed by atoms with Gasteiger partial charge in [0.15, 0.2) is 15.3 Å². The van der Waals surface area contributed by atoms with Crippen molar-refractivity contribution >= 4 is 21.2 Å². The van der Waals surface area contributed by atoms with Gasteiger partial charge in [-0.1, -0.05) is 11.3 Å². The number of aromatic nitrogens is 1. The van der Waals surface area contributed by atoms with Crippen molar-refractivity contribution in [3.63, 3.8) is 0 Å². The second-order valence-electron chi connectivity index (χ2n) is 1.54. The van der Waals surface area contributed by atoms with Crippen molar-refractivity contribution in [2.75, 3.05) is 6.26 Å². The largest absolute Gasteiger partial charge is 0.241 e. The van der Waals surface area contributed by atoms with E-state index < -0.39 is 9.84 Å². The Kier molecular flexibility index (Phi) is 1.54. The van der Waals surface area contributed by atoms with Gasteiger partial charge in [-0.05, 0) is 0 Å². The predicted octanol–water partition coefficient (Wildman–Crippen LogP) is 0.347. The fraction of sp³-hybridized carbons (Fsp3) is 0.250. The Labute approximate surface area is 57.3 Å². The molecular weight excluding hydrogens is 158 g/mol. The Morgan fingerprint density at radius 2 is 2.44 bits per heavy atom. The molecule has 9 heavy (non-hydrogen) atoms. The zero-order chi connectivity index (χ0) is 6.91. The lowest BCUT2D eigenvalue weighted by molar-refractivity contribution is 0.603. The van der Waals surface area contributed by atoms with Crippen LogP contribution in [0.15, 0.2) is 10.4 Å². The molecular formula is C4H4NO2S2. The third kappa shape index (κ3) is 1.49. The van der Waals surface area contributed by atoms with Gasteiger partial charge in [-0.3, -0.25) is 0 Å². The molecule has 49 valence electrons. The van der Waals surface area contributed by atoms with E-state index in [1.807, 2.05) is 0 Å². The summed E-state index contributed by atoms with van der Waals surface area (Å²) in [5.74, 6) is 0. The summed E-state index contributed by atoms with van der Waals surface area (Å²) in [7, 11) is -3.03. The van der Waals surface area contributed by atoms with Crippen molar-refractivity contribution < 1.29 is 8.42 Å². The number of rotatable bonds is 1. The molecule has 0 aromatic carbocycles. The lowest BCUT2D eigenvalue weighted by Gasteiger charge is -1.84. The highest BCUT2D eigenvalue weighted by molar-refractivity contribution is 7.92. The average Bonchev–Trinajstić information content (AvgIpc) is 2.08. The summed E-state index contributed by atoms with van der Waals surface area (Å²) in [6.07, 6.45) is 2.44. The Bertz CT molecular complexity index is 274. The number of hydrogen-bond acceptors (Lipinski definition) is 4. The maximum atomic E-state index is 10.6. The minimum Gasteiger partial charge on any atom is -0.241 e. The fourth-order valence-electron chi connectivity index (χ4n) is 0.348. The van der Waals surface area contributed by atoms with Crippen LogP contribution in [-0.2, 0) is 9.84 Å². The first-order valence-corrected chi connectivity index (χ1v) is 4.83. The Balaban J connectivity index is 3.20. The van der Waals surface area contributed by atoms with Crippen LogP contribution in [0.3, 0.4) is 0 Å². The van der Waals surface area contributed by atoms with E-state index in [1.54, 1.807) is 0 Å². The first-order chi connectivity index (χ1) is 4.11. The third-order valence-corrected chi connectivity index (χ3v) is 3.23. The van der Waals surface area contributed by atoms with Crippen LogP contribution in [0.1, 0.15) is 0 Å². The minimum absolute atomic E-state index is 0.266. The molecule has 0 aliphatic carbocycles. The monoisotopic (exact) mass is 162 g/mol. The van der Waals surface area contributed by atoms with Crippen LogP contribution in [0.4, 0.5) is 0 Å². The normalized spacial score (nSPS) is 11.7. The Morgan fingerprint density at radius 3 is 2.67 bits per heavy atom. The van der Waals surface area contributed by atoms with Crippen LogP contribution in [0, 0.1) is 5.51 Å². The molecule has 1 heterocycles. The van der Waals surface area contributed by atoms with Crippen LogP contribution < -0.4 is 0 Å². The molecule has 0 aliphatic heterocycles. The lowest BCUT2D eigenvalue weighted by Crippen LogP contribution is -1.91. The van der Waals surface area contributed by atoms with Crippen molar-refractivity contribution in [3.8, 4) is 0 Å². The van der Waals surface area contributed by atoms with Crippen LogP contribution in [0.25, 0.3) is 0 Å². The van der Waals surface area contributed by atoms with E-state index in [-0.39, 0.29) is 4.21 Å². The zero-order valence-electron chi connectivity index (χ0n) is 4.66. The van der Waals surface area contributed by atoms with E-state index >= 15 is 0 Å². The summed E-state index contributed by atoms with van der Waals surface area (Å²) in [6.45, 7) is 0. The molecule has 1 aromatic rings. The summed E-state index contributed by atoms with van der Waals surface area (Å²) >= 11 is 1.01. The molecule has 0 fully saturated rings. The molecule has 0 spiro atoms. The smallest absolute Gasteiger partial charge is 0.186 e. The van der Waals surface area contributed by atoms with Gasteiger partial charge < -0.3 is 0 Å². The van der Waals surface area contributed by atoms with Gasteiger partial charge in [-0.2, -0.15) is 0 Å². The van der Waals surface area contributed by atoms with E-state index in [0.717, 1.165) is 17.6 Å². The first kappa shape index (κ1) is 6.70. The van der Waals surface area contributed by atoms with Crippen molar-refractivity contribution in [2.24, 2.45) is 0 Å². The summed E-state index contributed by atoms with van der Waals surface area (Å²) in [4.78, 5) is 3.50. The van der Waals surface area contributed by atoms with E-state index in [2.05, 4.69) is 10.5 Å². The number of hydrogen-bond donors (Lipinski definition) is 0. The molecule has 3 nitrogen and oxygen atoms in total. The highest BCUT2D eigenvalue weighted by atomic mass is 32.2. The van der Waals surface area contributed by atoms with Gasteiger partial charge >= 0.3 is 0 Å². The minimum atomic E-state index is -3.03. The van der Waals surface area contributed by atoms with E-state index in [9.17, 15) is 8.42 Å². The molecule has 1 rings (SSSR count). The van der Waals surface area contributed by atoms with Gasteiger partial charge in [0, 0.05) is 6.26 Å². The molecule has 0 bridgehead atoms. The second-order valence-corrected chi connectivity index (χ2v) is 4.61. The summed E-state index contributed by atoms with van der Waals surface area (Å²) in [6, 6.07) is 0. The number of nitrogens with zero attached hydrogens (tertiary/aromatic N) is 1. The van der Waals surface area contributed by atoms with Gasteiger partial charge in [-0.15, -0.1) is 0 Å². The molecule has 0 saturated carbocycles. The highest BCUT2D eigenvalue weighted by Crippen LogP contribution is 2.11. The van der Waals surface area contributed by atoms with Gasteiger partial charge in [0.25, 0.3) is 0 Å². The average molecular weight is 162 g/mol. The quantitative estimate of drug-likeness (QED) is 0.598. The molecule has 5 heteroatoms. The van der Waals surface area contributed by atoms with E-state index in [4.69, 9.17) is 0 Å².